The lowest BCUT2D eigenvalue weighted by Gasteiger charge is -2.14. The van der Waals surface area contributed by atoms with Crippen molar-refractivity contribution in [2.45, 2.75) is 31.8 Å². The molecule has 0 aliphatic carbocycles. The van der Waals surface area contributed by atoms with E-state index in [-0.39, 0.29) is 11.1 Å². The maximum Gasteiger partial charge on any atom is 0.329 e. The SMILES string of the molecule is COC(=O)[C@H](CCCCn1sc2ccccc2c1=O)n1sc2ccccc2c1=O. The fourth-order valence-corrected chi connectivity index (χ4v) is 5.56. The second-order valence-electron chi connectivity index (χ2n) is 6.75. The molecule has 0 amide bonds. The van der Waals surface area contributed by atoms with Crippen LogP contribution in [0.2, 0.25) is 0 Å². The van der Waals surface area contributed by atoms with Gasteiger partial charge in [0.2, 0.25) is 0 Å². The van der Waals surface area contributed by atoms with Crippen molar-refractivity contribution >= 4 is 49.2 Å². The van der Waals surface area contributed by atoms with E-state index in [0.29, 0.717) is 24.8 Å². The Morgan fingerprint density at radius 2 is 1.55 bits per heavy atom. The van der Waals surface area contributed by atoms with Crippen LogP contribution in [0.25, 0.3) is 20.2 Å². The summed E-state index contributed by atoms with van der Waals surface area (Å²) in [5, 5.41) is 1.35. The van der Waals surface area contributed by atoms with Gasteiger partial charge in [-0.25, -0.2) is 8.75 Å². The molecule has 4 rings (SSSR count). The number of ether oxygens (including phenoxy) is 1. The smallest absolute Gasteiger partial charge is 0.329 e. The second kappa shape index (κ2) is 8.34. The Labute approximate surface area is 174 Å². The number of carbonyl (C=O) groups is 1. The van der Waals surface area contributed by atoms with Crippen LogP contribution in [0.15, 0.2) is 58.1 Å². The minimum absolute atomic E-state index is 0.0239. The molecule has 2 aromatic heterocycles. The number of nitrogens with zero attached hydrogens (tertiary/aromatic N) is 2. The predicted octanol–water partition coefficient (Wildman–Crippen LogP) is 4.02. The topological polar surface area (TPSA) is 70.3 Å². The molecule has 0 aliphatic heterocycles. The fourth-order valence-electron chi connectivity index (χ4n) is 3.42. The molecule has 0 saturated carbocycles. The molecule has 0 fully saturated rings. The lowest BCUT2D eigenvalue weighted by Crippen LogP contribution is -2.27. The molecule has 0 unspecified atom stereocenters. The van der Waals surface area contributed by atoms with Gasteiger partial charge >= 0.3 is 5.97 Å². The van der Waals surface area contributed by atoms with E-state index in [9.17, 15) is 14.4 Å². The number of aryl methyl sites for hydroxylation is 1. The quantitative estimate of drug-likeness (QED) is 0.329. The Kier molecular flexibility index (Phi) is 5.64. The van der Waals surface area contributed by atoms with Gasteiger partial charge in [0.25, 0.3) is 11.1 Å². The highest BCUT2D eigenvalue weighted by molar-refractivity contribution is 7.14. The lowest BCUT2D eigenvalue weighted by atomic mass is 10.1. The van der Waals surface area contributed by atoms with Gasteiger partial charge < -0.3 is 4.74 Å². The first-order valence-electron chi connectivity index (χ1n) is 9.37. The molecule has 0 N–H and O–H groups in total. The number of hydrogen-bond donors (Lipinski definition) is 0. The van der Waals surface area contributed by atoms with Gasteiger partial charge in [0.1, 0.15) is 6.04 Å². The van der Waals surface area contributed by atoms with Gasteiger partial charge in [-0.3, -0.25) is 13.5 Å². The van der Waals surface area contributed by atoms with Gasteiger partial charge in [0.15, 0.2) is 0 Å². The minimum Gasteiger partial charge on any atom is -0.467 e. The second-order valence-corrected chi connectivity index (χ2v) is 8.83. The van der Waals surface area contributed by atoms with Gasteiger partial charge in [-0.1, -0.05) is 47.3 Å². The summed E-state index contributed by atoms with van der Waals surface area (Å²) in [4.78, 5) is 37.5. The van der Waals surface area contributed by atoms with Crippen LogP contribution in [0.4, 0.5) is 0 Å². The fraction of sp³-hybridized carbons (Fsp3) is 0.286. The number of rotatable bonds is 7. The standard InChI is InChI=1S/C21H20N2O4S2/c1-27-21(26)16(23-20(25)15-9-3-5-12-18(15)29-23)10-6-7-13-22-19(24)14-8-2-4-11-17(14)28-22/h2-5,8-9,11-12,16H,6-7,10,13H2,1H3/t16-/m0/s1. The summed E-state index contributed by atoms with van der Waals surface area (Å²) >= 11 is 2.74. The Hall–Kier alpha value is -2.71. The van der Waals surface area contributed by atoms with E-state index in [1.54, 1.807) is 10.0 Å². The van der Waals surface area contributed by atoms with E-state index >= 15 is 0 Å². The van der Waals surface area contributed by atoms with Crippen LogP contribution in [0.5, 0.6) is 0 Å². The van der Waals surface area contributed by atoms with Gasteiger partial charge in [0, 0.05) is 6.54 Å². The number of fused-ring (bicyclic) bond motifs is 2. The Bertz CT molecular complexity index is 1280. The van der Waals surface area contributed by atoms with Crippen LogP contribution in [0.1, 0.15) is 25.3 Å². The summed E-state index contributed by atoms with van der Waals surface area (Å²) in [5.74, 6) is -0.419. The van der Waals surface area contributed by atoms with Crippen molar-refractivity contribution in [2.75, 3.05) is 7.11 Å². The highest BCUT2D eigenvalue weighted by Crippen LogP contribution is 2.24. The third-order valence-electron chi connectivity index (χ3n) is 4.91. The number of methoxy groups -OCH3 is 1. The molecule has 2 aromatic carbocycles. The number of unbranched alkanes of at least 4 members (excludes halogenated alkanes) is 1. The molecule has 0 spiro atoms. The molecule has 0 bridgehead atoms. The molecule has 2 heterocycles. The molecule has 1 atom stereocenters. The Morgan fingerprint density at radius 3 is 2.17 bits per heavy atom. The van der Waals surface area contributed by atoms with E-state index in [4.69, 9.17) is 4.74 Å². The monoisotopic (exact) mass is 428 g/mol. The van der Waals surface area contributed by atoms with Crippen LogP contribution >= 0.6 is 23.1 Å². The molecule has 4 aromatic rings. The van der Waals surface area contributed by atoms with Crippen molar-refractivity contribution in [3.8, 4) is 0 Å². The molecule has 0 saturated heterocycles. The van der Waals surface area contributed by atoms with Crippen LogP contribution in [-0.2, 0) is 16.1 Å². The maximum atomic E-state index is 12.7. The van der Waals surface area contributed by atoms with Crippen LogP contribution in [-0.4, -0.2) is 21.0 Å². The number of benzene rings is 2. The zero-order valence-electron chi connectivity index (χ0n) is 15.9. The summed E-state index contributed by atoms with van der Waals surface area (Å²) < 4.78 is 10.0. The summed E-state index contributed by atoms with van der Waals surface area (Å²) in [5.41, 5.74) is -0.141. The van der Waals surface area contributed by atoms with Crippen molar-refractivity contribution in [2.24, 2.45) is 0 Å². The number of carbonyl (C=O) groups excluding carboxylic acids is 1. The largest absolute Gasteiger partial charge is 0.467 e. The molecule has 6 nitrogen and oxygen atoms in total. The summed E-state index contributed by atoms with van der Waals surface area (Å²) in [6, 6.07) is 14.3. The molecular formula is C21H20N2O4S2. The van der Waals surface area contributed by atoms with Crippen molar-refractivity contribution in [1.29, 1.82) is 0 Å². The van der Waals surface area contributed by atoms with Crippen LogP contribution in [0, 0.1) is 0 Å². The first-order chi connectivity index (χ1) is 14.1. The van der Waals surface area contributed by atoms with E-state index in [2.05, 4.69) is 0 Å². The predicted molar refractivity (Wildman–Crippen MR) is 117 cm³/mol. The van der Waals surface area contributed by atoms with Crippen molar-refractivity contribution in [3.63, 3.8) is 0 Å². The summed E-state index contributed by atoms with van der Waals surface area (Å²) in [6.45, 7) is 0.591. The Morgan fingerprint density at radius 1 is 0.931 bits per heavy atom. The Balaban J connectivity index is 1.48. The van der Waals surface area contributed by atoms with E-state index in [1.807, 2.05) is 42.5 Å². The molecule has 29 heavy (non-hydrogen) atoms. The normalized spacial score (nSPS) is 12.4. The molecule has 8 heteroatoms. The molecular weight excluding hydrogens is 408 g/mol. The molecule has 150 valence electrons. The molecule has 0 aliphatic rings. The van der Waals surface area contributed by atoms with Crippen LogP contribution in [0.3, 0.4) is 0 Å². The van der Waals surface area contributed by atoms with E-state index in [1.165, 1.54) is 34.1 Å². The molecule has 0 radical (unpaired) electrons. The average molecular weight is 429 g/mol. The summed E-state index contributed by atoms with van der Waals surface area (Å²) in [7, 11) is 1.34. The maximum absolute atomic E-state index is 12.7. The third kappa shape index (κ3) is 3.77. The van der Waals surface area contributed by atoms with Crippen molar-refractivity contribution < 1.29 is 9.53 Å². The van der Waals surface area contributed by atoms with Gasteiger partial charge in [-0.2, -0.15) is 0 Å². The number of hydrogen-bond acceptors (Lipinski definition) is 6. The minimum atomic E-state index is -0.649. The van der Waals surface area contributed by atoms with Crippen molar-refractivity contribution in [3.05, 3.63) is 69.2 Å². The van der Waals surface area contributed by atoms with E-state index in [0.717, 1.165) is 21.2 Å². The van der Waals surface area contributed by atoms with E-state index < -0.39 is 12.0 Å². The number of esters is 1. The van der Waals surface area contributed by atoms with Crippen molar-refractivity contribution in [1.82, 2.24) is 7.91 Å². The highest BCUT2D eigenvalue weighted by Gasteiger charge is 2.24. The first-order valence-corrected chi connectivity index (χ1v) is 10.9. The van der Waals surface area contributed by atoms with Gasteiger partial charge in [0.05, 0.1) is 27.3 Å². The zero-order chi connectivity index (χ0) is 20.4. The van der Waals surface area contributed by atoms with Gasteiger partial charge in [-0.05, 0) is 43.5 Å². The number of aromatic nitrogens is 2. The third-order valence-corrected chi connectivity index (χ3v) is 7.20. The zero-order valence-corrected chi connectivity index (χ0v) is 17.5. The lowest BCUT2D eigenvalue weighted by molar-refractivity contribution is -0.144. The first kappa shape index (κ1) is 19.6. The van der Waals surface area contributed by atoms with Gasteiger partial charge in [-0.15, -0.1) is 0 Å². The average Bonchev–Trinajstić information content (AvgIpc) is 3.25. The van der Waals surface area contributed by atoms with Crippen LogP contribution < -0.4 is 11.1 Å². The highest BCUT2D eigenvalue weighted by atomic mass is 32.1. The summed E-state index contributed by atoms with van der Waals surface area (Å²) in [6.07, 6.45) is 1.92.